The lowest BCUT2D eigenvalue weighted by atomic mass is 10.1. The van der Waals surface area contributed by atoms with Gasteiger partial charge in [-0.1, -0.05) is 30.3 Å². The summed E-state index contributed by atoms with van der Waals surface area (Å²) in [5.74, 6) is 0.654. The van der Waals surface area contributed by atoms with Crippen LogP contribution >= 0.6 is 0 Å². The third kappa shape index (κ3) is 3.01. The van der Waals surface area contributed by atoms with Gasteiger partial charge in [-0.05, 0) is 0 Å². The number of carbonyl (C=O) groups is 1. The number of hydrogen-bond donors (Lipinski definition) is 1. The van der Waals surface area contributed by atoms with Gasteiger partial charge in [-0.3, -0.25) is 9.48 Å². The number of rotatable bonds is 4. The Morgan fingerprint density at radius 2 is 2.12 bits per heavy atom. The topological polar surface area (TPSA) is 82.2 Å². The zero-order valence-electron chi connectivity index (χ0n) is 14.8. The molecule has 7 heteroatoms. The summed E-state index contributed by atoms with van der Waals surface area (Å²) in [7, 11) is 1.92. The van der Waals surface area contributed by atoms with Gasteiger partial charge >= 0.3 is 0 Å². The van der Waals surface area contributed by atoms with E-state index >= 15 is 0 Å². The van der Waals surface area contributed by atoms with Crippen molar-refractivity contribution in [1.82, 2.24) is 20.1 Å². The Morgan fingerprint density at radius 3 is 2.92 bits per heavy atom. The van der Waals surface area contributed by atoms with E-state index in [0.29, 0.717) is 31.4 Å². The fourth-order valence-corrected chi connectivity index (χ4v) is 3.24. The lowest BCUT2D eigenvalue weighted by molar-refractivity contribution is 0.0943. The maximum atomic E-state index is 12.7. The lowest BCUT2D eigenvalue weighted by Crippen LogP contribution is -2.25. The maximum absolute atomic E-state index is 12.7. The molecule has 1 N–H and O–H groups in total. The molecule has 7 nitrogen and oxygen atoms in total. The standard InChI is InChI=1S/C19H20N4O3/c1-12-21-17(18(26-12)13-6-4-3-5-7-13)19(24)20-10-15-14-11-25-9-8-16(14)23(2)22-15/h3-7H,8-11H2,1-2H3,(H,20,24). The van der Waals surface area contributed by atoms with Crippen LogP contribution in [-0.2, 0) is 31.4 Å². The molecule has 0 bridgehead atoms. The largest absolute Gasteiger partial charge is 0.440 e. The minimum atomic E-state index is -0.281. The van der Waals surface area contributed by atoms with E-state index < -0.39 is 0 Å². The molecule has 1 aliphatic heterocycles. The predicted octanol–water partition coefficient (Wildman–Crippen LogP) is 2.39. The van der Waals surface area contributed by atoms with Gasteiger partial charge in [0.15, 0.2) is 17.3 Å². The van der Waals surface area contributed by atoms with Gasteiger partial charge in [0.1, 0.15) is 0 Å². The van der Waals surface area contributed by atoms with Crippen molar-refractivity contribution in [1.29, 1.82) is 0 Å². The number of fused-ring (bicyclic) bond motifs is 1. The van der Waals surface area contributed by atoms with Gasteiger partial charge < -0.3 is 14.5 Å². The van der Waals surface area contributed by atoms with E-state index in [2.05, 4.69) is 15.4 Å². The normalized spacial score (nSPS) is 13.5. The molecular weight excluding hydrogens is 332 g/mol. The highest BCUT2D eigenvalue weighted by molar-refractivity contribution is 5.97. The van der Waals surface area contributed by atoms with Crippen LogP contribution in [0.2, 0.25) is 0 Å². The number of oxazole rings is 1. The molecule has 2 aromatic heterocycles. The third-order valence-electron chi connectivity index (χ3n) is 4.49. The van der Waals surface area contributed by atoms with Gasteiger partial charge in [-0.2, -0.15) is 5.10 Å². The minimum absolute atomic E-state index is 0.281. The number of benzene rings is 1. The third-order valence-corrected chi connectivity index (χ3v) is 4.49. The Kier molecular flexibility index (Phi) is 4.30. The van der Waals surface area contributed by atoms with Crippen molar-refractivity contribution >= 4 is 5.91 Å². The average molecular weight is 352 g/mol. The highest BCUT2D eigenvalue weighted by Gasteiger charge is 2.23. The average Bonchev–Trinajstić information content (AvgIpc) is 3.21. The van der Waals surface area contributed by atoms with Gasteiger partial charge in [-0.25, -0.2) is 4.98 Å². The van der Waals surface area contributed by atoms with Crippen molar-refractivity contribution in [2.75, 3.05) is 6.61 Å². The summed E-state index contributed by atoms with van der Waals surface area (Å²) in [6, 6.07) is 9.50. The SMILES string of the molecule is Cc1nc(C(=O)NCc2nn(C)c3c2COCC3)c(-c2ccccc2)o1. The maximum Gasteiger partial charge on any atom is 0.274 e. The van der Waals surface area contributed by atoms with Crippen LogP contribution in [-0.4, -0.2) is 27.3 Å². The molecule has 134 valence electrons. The van der Waals surface area contributed by atoms with Crippen LogP contribution in [0.1, 0.15) is 33.3 Å². The summed E-state index contributed by atoms with van der Waals surface area (Å²) in [5, 5.41) is 7.43. The summed E-state index contributed by atoms with van der Waals surface area (Å²) in [5.41, 5.74) is 4.18. The molecule has 0 spiro atoms. The second-order valence-corrected chi connectivity index (χ2v) is 6.26. The summed E-state index contributed by atoms with van der Waals surface area (Å²) >= 11 is 0. The van der Waals surface area contributed by atoms with E-state index in [9.17, 15) is 4.79 Å². The van der Waals surface area contributed by atoms with Crippen molar-refractivity contribution in [2.45, 2.75) is 26.5 Å². The van der Waals surface area contributed by atoms with E-state index in [1.54, 1.807) is 6.92 Å². The Hall–Kier alpha value is -2.93. The predicted molar refractivity (Wildman–Crippen MR) is 94.4 cm³/mol. The summed E-state index contributed by atoms with van der Waals surface area (Å²) in [4.78, 5) is 17.0. The van der Waals surface area contributed by atoms with Gasteiger partial charge in [0.25, 0.3) is 5.91 Å². The first-order chi connectivity index (χ1) is 12.6. The zero-order chi connectivity index (χ0) is 18.1. The molecule has 1 aliphatic rings. The van der Waals surface area contributed by atoms with Crippen molar-refractivity contribution in [3.05, 3.63) is 58.9 Å². The van der Waals surface area contributed by atoms with Crippen LogP contribution in [0.15, 0.2) is 34.7 Å². The first kappa shape index (κ1) is 16.5. The van der Waals surface area contributed by atoms with Crippen molar-refractivity contribution in [3.8, 4) is 11.3 Å². The van der Waals surface area contributed by atoms with E-state index in [1.165, 1.54) is 5.69 Å². The van der Waals surface area contributed by atoms with Crippen LogP contribution in [0.4, 0.5) is 0 Å². The molecule has 1 amide bonds. The van der Waals surface area contributed by atoms with E-state index in [-0.39, 0.29) is 11.6 Å². The zero-order valence-corrected chi connectivity index (χ0v) is 14.8. The van der Waals surface area contributed by atoms with Crippen LogP contribution in [0, 0.1) is 6.92 Å². The number of ether oxygens (including phenoxy) is 1. The molecule has 0 saturated carbocycles. The number of aryl methyl sites for hydroxylation is 2. The number of carbonyl (C=O) groups excluding carboxylic acids is 1. The van der Waals surface area contributed by atoms with Crippen molar-refractivity contribution < 1.29 is 13.9 Å². The summed E-state index contributed by atoms with van der Waals surface area (Å²) in [6.07, 6.45) is 0.841. The Morgan fingerprint density at radius 1 is 1.31 bits per heavy atom. The van der Waals surface area contributed by atoms with E-state index in [4.69, 9.17) is 9.15 Å². The molecule has 0 atom stereocenters. The van der Waals surface area contributed by atoms with Crippen LogP contribution in [0.25, 0.3) is 11.3 Å². The van der Waals surface area contributed by atoms with Gasteiger partial charge in [0.05, 0.1) is 25.5 Å². The monoisotopic (exact) mass is 352 g/mol. The minimum Gasteiger partial charge on any atom is -0.440 e. The van der Waals surface area contributed by atoms with Gasteiger partial charge in [0.2, 0.25) is 0 Å². The Bertz CT molecular complexity index is 943. The first-order valence-electron chi connectivity index (χ1n) is 8.56. The fraction of sp³-hybridized carbons (Fsp3) is 0.316. The molecular formula is C19H20N4O3. The molecule has 0 fully saturated rings. The van der Waals surface area contributed by atoms with Gasteiger partial charge in [0, 0.05) is 37.2 Å². The van der Waals surface area contributed by atoms with Crippen molar-refractivity contribution in [2.24, 2.45) is 7.05 Å². The van der Waals surface area contributed by atoms with Crippen LogP contribution < -0.4 is 5.32 Å². The van der Waals surface area contributed by atoms with Crippen LogP contribution in [0.5, 0.6) is 0 Å². The molecule has 0 saturated heterocycles. The highest BCUT2D eigenvalue weighted by atomic mass is 16.5. The highest BCUT2D eigenvalue weighted by Crippen LogP contribution is 2.25. The number of nitrogens with one attached hydrogen (secondary N) is 1. The Labute approximate surface area is 151 Å². The molecule has 26 heavy (non-hydrogen) atoms. The van der Waals surface area contributed by atoms with Crippen molar-refractivity contribution in [3.63, 3.8) is 0 Å². The summed E-state index contributed by atoms with van der Waals surface area (Å²) in [6.45, 7) is 3.30. The van der Waals surface area contributed by atoms with E-state index in [1.807, 2.05) is 42.1 Å². The quantitative estimate of drug-likeness (QED) is 0.780. The number of amides is 1. The number of aromatic nitrogens is 3. The molecule has 0 aliphatic carbocycles. The fourth-order valence-electron chi connectivity index (χ4n) is 3.24. The van der Waals surface area contributed by atoms with Crippen LogP contribution in [0.3, 0.4) is 0 Å². The van der Waals surface area contributed by atoms with E-state index in [0.717, 1.165) is 23.2 Å². The molecule has 0 radical (unpaired) electrons. The Balaban J connectivity index is 1.55. The second kappa shape index (κ2) is 6.76. The number of hydrogen-bond acceptors (Lipinski definition) is 5. The second-order valence-electron chi connectivity index (χ2n) is 6.26. The molecule has 3 heterocycles. The molecule has 0 unspecified atom stereocenters. The smallest absolute Gasteiger partial charge is 0.274 e. The number of nitrogens with zero attached hydrogens (tertiary/aromatic N) is 3. The summed E-state index contributed by atoms with van der Waals surface area (Å²) < 4.78 is 13.1. The molecule has 4 rings (SSSR count). The molecule has 3 aromatic rings. The lowest BCUT2D eigenvalue weighted by Gasteiger charge is -2.13. The first-order valence-corrected chi connectivity index (χ1v) is 8.56. The van der Waals surface area contributed by atoms with Gasteiger partial charge in [-0.15, -0.1) is 0 Å². The molecule has 1 aromatic carbocycles.